The minimum Gasteiger partial charge on any atom is -0.595 e. The average Bonchev–Trinajstić information content (AvgIpc) is 2.79. The molecule has 1 unspecified atom stereocenters. The normalized spacial score (nSPS) is 16.9. The van der Waals surface area contributed by atoms with Crippen LogP contribution >= 0.6 is 24.0 Å². The van der Waals surface area contributed by atoms with Crippen LogP contribution in [0, 0.1) is 5.21 Å². The number of quaternary nitrogens is 1. The number of rotatable bonds is 5. The van der Waals surface area contributed by atoms with Gasteiger partial charge in [0.15, 0.2) is 10.0 Å². The highest BCUT2D eigenvalue weighted by atomic mass is 32.2. The molecule has 0 aliphatic carbocycles. The summed E-state index contributed by atoms with van der Waals surface area (Å²) >= 11 is 6.01. The third kappa shape index (κ3) is 4.29. The second-order valence-corrected chi connectivity index (χ2v) is 6.43. The molecule has 0 saturated carbocycles. The molecule has 1 aliphatic rings. The smallest absolute Gasteiger partial charge is 0.270 e. The van der Waals surface area contributed by atoms with Crippen molar-refractivity contribution in [1.82, 2.24) is 4.90 Å². The molecule has 25 heavy (non-hydrogen) atoms. The van der Waals surface area contributed by atoms with E-state index in [2.05, 4.69) is 0 Å². The Kier molecular flexibility index (Phi) is 5.66. The van der Waals surface area contributed by atoms with Crippen molar-refractivity contribution in [3.8, 4) is 0 Å². The molecule has 130 valence electrons. The second kappa shape index (κ2) is 7.55. The number of hydrogen-bond acceptors (Lipinski definition) is 7. The van der Waals surface area contributed by atoms with Crippen molar-refractivity contribution in [3.05, 3.63) is 51.7 Å². The van der Waals surface area contributed by atoms with Gasteiger partial charge in [-0.05, 0) is 23.8 Å². The van der Waals surface area contributed by atoms with E-state index in [0.717, 1.165) is 22.9 Å². The molecule has 1 fully saturated rings. The Morgan fingerprint density at radius 1 is 1.24 bits per heavy atom. The molecule has 1 saturated heterocycles. The number of primary amides is 2. The van der Waals surface area contributed by atoms with Gasteiger partial charge in [0.2, 0.25) is 0 Å². The maximum atomic E-state index is 12.4. The maximum absolute atomic E-state index is 12.4. The molecule has 9 nitrogen and oxygen atoms in total. The summed E-state index contributed by atoms with van der Waals surface area (Å²) < 4.78 is 0.0957. The quantitative estimate of drug-likeness (QED) is 0.170. The Labute approximate surface area is 151 Å². The third-order valence-corrected chi connectivity index (χ3v) is 4.40. The van der Waals surface area contributed by atoms with Crippen molar-refractivity contribution in [1.29, 1.82) is 0 Å². The molecule has 1 aromatic rings. The van der Waals surface area contributed by atoms with Crippen LogP contribution in [0.4, 0.5) is 5.69 Å². The molecular weight excluding hydrogens is 368 g/mol. The topological polar surface area (TPSA) is 154 Å². The number of thioether (sulfide) groups is 1. The standard InChI is InChI=1S/C14H12N4O5S2/c15-11(19)9(12(16)20)6-17-13(21)10(25-14(17)24)5-7-1-3-8(4-2-7)18(22)23/h1-6,18,22H,(H2,15,19)(H2,16,20)/b10-5+. The predicted octanol–water partition coefficient (Wildman–Crippen LogP) is -0.854. The van der Waals surface area contributed by atoms with Crippen LogP contribution in [0.15, 0.2) is 40.9 Å². The number of carbonyl (C=O) groups excluding carboxylic acids is 3. The molecule has 1 aromatic carbocycles. The second-order valence-electron chi connectivity index (χ2n) is 4.75. The maximum Gasteiger partial charge on any atom is 0.270 e. The van der Waals surface area contributed by atoms with Gasteiger partial charge in [-0.1, -0.05) is 24.0 Å². The molecule has 1 aliphatic heterocycles. The Bertz CT molecular complexity index is 801. The van der Waals surface area contributed by atoms with Crippen LogP contribution in [0.2, 0.25) is 0 Å². The van der Waals surface area contributed by atoms with Gasteiger partial charge in [-0.25, -0.2) is 5.21 Å². The molecule has 1 atom stereocenters. The van der Waals surface area contributed by atoms with Crippen LogP contribution in [0.5, 0.6) is 0 Å². The van der Waals surface area contributed by atoms with Crippen LogP contribution < -0.4 is 16.7 Å². The van der Waals surface area contributed by atoms with Gasteiger partial charge in [0.05, 0.1) is 4.91 Å². The summed E-state index contributed by atoms with van der Waals surface area (Å²) in [7, 11) is 0. The molecule has 3 amide bonds. The van der Waals surface area contributed by atoms with Crippen LogP contribution in [-0.4, -0.2) is 32.1 Å². The van der Waals surface area contributed by atoms with Crippen molar-refractivity contribution >= 4 is 57.8 Å². The van der Waals surface area contributed by atoms with Crippen molar-refractivity contribution in [2.45, 2.75) is 0 Å². The first-order valence-electron chi connectivity index (χ1n) is 6.62. The highest BCUT2D eigenvalue weighted by Crippen LogP contribution is 2.33. The van der Waals surface area contributed by atoms with Gasteiger partial charge in [-0.15, -0.1) is 0 Å². The van der Waals surface area contributed by atoms with E-state index in [9.17, 15) is 19.6 Å². The van der Waals surface area contributed by atoms with E-state index < -0.39 is 28.5 Å². The Hall–Kier alpha value is -2.57. The zero-order valence-corrected chi connectivity index (χ0v) is 14.1. The lowest BCUT2D eigenvalue weighted by Gasteiger charge is -2.11. The van der Waals surface area contributed by atoms with E-state index in [1.54, 1.807) is 0 Å². The summed E-state index contributed by atoms with van der Waals surface area (Å²) in [6, 6.07) is 5.86. The monoisotopic (exact) mass is 380 g/mol. The molecule has 0 spiro atoms. The largest absolute Gasteiger partial charge is 0.595 e. The molecule has 0 aromatic heterocycles. The van der Waals surface area contributed by atoms with E-state index in [1.165, 1.54) is 30.3 Å². The van der Waals surface area contributed by atoms with Gasteiger partial charge >= 0.3 is 0 Å². The van der Waals surface area contributed by atoms with Crippen molar-refractivity contribution in [3.63, 3.8) is 0 Å². The number of thiocarbonyl (C=S) groups is 1. The first kappa shape index (κ1) is 18.8. The number of carbonyl (C=O) groups is 3. The lowest BCUT2D eigenvalue weighted by atomic mass is 10.2. The first-order valence-corrected chi connectivity index (χ1v) is 7.85. The van der Waals surface area contributed by atoms with Crippen molar-refractivity contribution in [2.75, 3.05) is 0 Å². The number of benzene rings is 1. The molecular formula is C14H12N4O5S2. The summed E-state index contributed by atoms with van der Waals surface area (Å²) in [6.45, 7) is 0. The van der Waals surface area contributed by atoms with Crippen LogP contribution in [0.1, 0.15) is 5.56 Å². The molecule has 0 radical (unpaired) electrons. The molecule has 1 heterocycles. The lowest BCUT2D eigenvalue weighted by molar-refractivity contribution is -0.991. The lowest BCUT2D eigenvalue weighted by Crippen LogP contribution is -2.99. The van der Waals surface area contributed by atoms with Gasteiger partial charge < -0.3 is 16.7 Å². The predicted molar refractivity (Wildman–Crippen MR) is 93.7 cm³/mol. The van der Waals surface area contributed by atoms with Crippen molar-refractivity contribution in [2.24, 2.45) is 11.5 Å². The fourth-order valence-corrected chi connectivity index (χ4v) is 3.05. The fourth-order valence-electron chi connectivity index (χ4n) is 1.84. The summed E-state index contributed by atoms with van der Waals surface area (Å²) in [5, 5.41) is 18.6. The Morgan fingerprint density at radius 3 is 2.28 bits per heavy atom. The zero-order valence-electron chi connectivity index (χ0n) is 12.5. The van der Waals surface area contributed by atoms with E-state index in [-0.39, 0.29) is 14.9 Å². The van der Waals surface area contributed by atoms with Gasteiger partial charge in [-0.2, -0.15) is 5.23 Å². The third-order valence-electron chi connectivity index (χ3n) is 3.07. The van der Waals surface area contributed by atoms with Crippen molar-refractivity contribution < 1.29 is 24.8 Å². The Balaban J connectivity index is 2.30. The fraction of sp³-hybridized carbons (Fsp3) is 0. The number of nitrogens with two attached hydrogens (primary N) is 2. The number of nitrogens with zero attached hydrogens (tertiary/aromatic N) is 1. The summed E-state index contributed by atoms with van der Waals surface area (Å²) in [4.78, 5) is 36.0. The van der Waals surface area contributed by atoms with E-state index >= 15 is 0 Å². The summed E-state index contributed by atoms with van der Waals surface area (Å²) in [6.07, 6.45) is 2.42. The molecule has 11 heteroatoms. The number of hydrogen-bond donors (Lipinski definition) is 4. The van der Waals surface area contributed by atoms with Gasteiger partial charge in [0.25, 0.3) is 17.7 Å². The van der Waals surface area contributed by atoms with E-state index in [4.69, 9.17) is 28.9 Å². The van der Waals surface area contributed by atoms with Crippen LogP contribution in [-0.2, 0) is 14.4 Å². The SMILES string of the molecule is NC(=O)C(=CN1C(=O)/C(=C\c2ccc([NH+]([O-])O)cc2)SC1=S)C(N)=O. The molecule has 0 bridgehead atoms. The number of amides is 3. The van der Waals surface area contributed by atoms with Gasteiger partial charge in [-0.3, -0.25) is 19.3 Å². The van der Waals surface area contributed by atoms with E-state index in [1.807, 2.05) is 0 Å². The highest BCUT2D eigenvalue weighted by molar-refractivity contribution is 8.26. The van der Waals surface area contributed by atoms with E-state index in [0.29, 0.717) is 5.56 Å². The first-order chi connectivity index (χ1) is 11.7. The number of nitrogens with one attached hydrogen (secondary N) is 1. The summed E-state index contributed by atoms with van der Waals surface area (Å²) in [5.74, 6) is -2.71. The zero-order chi connectivity index (χ0) is 18.7. The van der Waals surface area contributed by atoms with Crippen LogP contribution in [0.25, 0.3) is 6.08 Å². The van der Waals surface area contributed by atoms with Gasteiger partial charge in [0, 0.05) is 18.3 Å². The van der Waals surface area contributed by atoms with Crippen LogP contribution in [0.3, 0.4) is 0 Å². The minimum atomic E-state index is -1.07. The highest BCUT2D eigenvalue weighted by Gasteiger charge is 2.32. The molecule has 6 N–H and O–H groups in total. The average molecular weight is 380 g/mol. The van der Waals surface area contributed by atoms with Gasteiger partial charge in [0.1, 0.15) is 5.57 Å². The summed E-state index contributed by atoms with van der Waals surface area (Å²) in [5.41, 5.74) is 10.2. The minimum absolute atomic E-state index is 0.0957. The Morgan fingerprint density at radius 2 is 1.80 bits per heavy atom. The molecule has 2 rings (SSSR count).